The van der Waals surface area contributed by atoms with Gasteiger partial charge >= 0.3 is 0 Å². The Morgan fingerprint density at radius 2 is 1.88 bits per heavy atom. The van der Waals surface area contributed by atoms with Gasteiger partial charge in [0.1, 0.15) is 0 Å². The van der Waals surface area contributed by atoms with Gasteiger partial charge in [0.15, 0.2) is 5.65 Å². The molecule has 0 amide bonds. The molecule has 4 rings (SSSR count). The van der Waals surface area contributed by atoms with E-state index in [4.69, 9.17) is 0 Å². The third-order valence-corrected chi connectivity index (χ3v) is 3.43. The zero-order valence-corrected chi connectivity index (χ0v) is 9.30. The molecular weight excluding hydrogens is 210 g/mol. The molecule has 3 aromatic rings. The van der Waals surface area contributed by atoms with Gasteiger partial charge in [0.2, 0.25) is 0 Å². The Hall–Kier alpha value is -2.16. The molecule has 0 atom stereocenters. The molecule has 82 valence electrons. The predicted octanol–water partition coefficient (Wildman–Crippen LogP) is 2.49. The maximum Gasteiger partial charge on any atom is 0.155 e. The molecule has 17 heavy (non-hydrogen) atoms. The molecule has 0 N–H and O–H groups in total. The van der Waals surface area contributed by atoms with E-state index in [1.807, 2.05) is 16.8 Å². The maximum absolute atomic E-state index is 4.43. The van der Waals surface area contributed by atoms with Crippen molar-refractivity contribution >= 4 is 5.65 Å². The molecule has 0 saturated carbocycles. The zero-order valence-electron chi connectivity index (χ0n) is 9.30. The highest BCUT2D eigenvalue weighted by molar-refractivity contribution is 5.71. The van der Waals surface area contributed by atoms with Gasteiger partial charge in [-0.05, 0) is 24.0 Å². The number of aromatic nitrogens is 3. The molecule has 0 bridgehead atoms. The smallest absolute Gasteiger partial charge is 0.155 e. The van der Waals surface area contributed by atoms with Gasteiger partial charge in [0.25, 0.3) is 0 Å². The summed E-state index contributed by atoms with van der Waals surface area (Å²) in [7, 11) is 0. The van der Waals surface area contributed by atoms with Crippen LogP contribution in [0.15, 0.2) is 42.7 Å². The van der Waals surface area contributed by atoms with E-state index in [9.17, 15) is 0 Å². The number of rotatable bonds is 0. The van der Waals surface area contributed by atoms with Crippen LogP contribution in [0.25, 0.3) is 16.9 Å². The second-order valence-corrected chi connectivity index (χ2v) is 4.39. The van der Waals surface area contributed by atoms with Gasteiger partial charge in [-0.15, -0.1) is 0 Å². The molecular formula is C14H11N3. The fourth-order valence-corrected chi connectivity index (χ4v) is 2.62. The number of hydrogen-bond donors (Lipinski definition) is 0. The monoisotopic (exact) mass is 221 g/mol. The lowest BCUT2D eigenvalue weighted by Gasteiger charge is -2.19. The third kappa shape index (κ3) is 1.16. The molecule has 3 heteroatoms. The second kappa shape index (κ2) is 3.17. The molecule has 0 spiro atoms. The summed E-state index contributed by atoms with van der Waals surface area (Å²) in [6.45, 7) is 0. The van der Waals surface area contributed by atoms with Crippen LogP contribution in [-0.2, 0) is 12.8 Å². The lowest BCUT2D eigenvalue weighted by molar-refractivity contribution is 0.863. The largest absolute Gasteiger partial charge is 0.237 e. The molecule has 0 unspecified atom stereocenters. The van der Waals surface area contributed by atoms with Crippen molar-refractivity contribution < 1.29 is 0 Å². The highest BCUT2D eigenvalue weighted by Gasteiger charge is 2.19. The Bertz CT molecular complexity index is 712. The Morgan fingerprint density at radius 1 is 1.00 bits per heavy atom. The molecule has 1 aliphatic rings. The Balaban J connectivity index is 2.16. The first-order valence-electron chi connectivity index (χ1n) is 5.83. The van der Waals surface area contributed by atoms with E-state index in [0.717, 1.165) is 18.5 Å². The average Bonchev–Trinajstić information content (AvgIpc) is 2.86. The summed E-state index contributed by atoms with van der Waals surface area (Å²) in [5.41, 5.74) is 6.12. The van der Waals surface area contributed by atoms with E-state index in [1.165, 1.54) is 22.4 Å². The van der Waals surface area contributed by atoms with Crippen LogP contribution in [0.4, 0.5) is 0 Å². The summed E-state index contributed by atoms with van der Waals surface area (Å²) < 4.78 is 1.95. The first-order chi connectivity index (χ1) is 8.43. The normalized spacial score (nSPS) is 13.4. The van der Waals surface area contributed by atoms with Crippen LogP contribution in [0.1, 0.15) is 11.1 Å². The Kier molecular flexibility index (Phi) is 1.66. The summed E-state index contributed by atoms with van der Waals surface area (Å²) in [4.78, 5) is 4.43. The van der Waals surface area contributed by atoms with Gasteiger partial charge < -0.3 is 0 Å². The van der Waals surface area contributed by atoms with Crippen molar-refractivity contribution in [2.24, 2.45) is 0 Å². The average molecular weight is 221 g/mol. The van der Waals surface area contributed by atoms with E-state index in [-0.39, 0.29) is 0 Å². The highest BCUT2D eigenvalue weighted by Crippen LogP contribution is 2.32. The van der Waals surface area contributed by atoms with Crippen molar-refractivity contribution in [1.29, 1.82) is 0 Å². The van der Waals surface area contributed by atoms with Gasteiger partial charge in [-0.3, -0.25) is 0 Å². The molecule has 1 aromatic carbocycles. The van der Waals surface area contributed by atoms with E-state index < -0.39 is 0 Å². The molecule has 2 heterocycles. The van der Waals surface area contributed by atoms with E-state index in [1.54, 1.807) is 6.20 Å². The summed E-state index contributed by atoms with van der Waals surface area (Å²) >= 11 is 0. The molecule has 0 radical (unpaired) electrons. The summed E-state index contributed by atoms with van der Waals surface area (Å²) in [5, 5.41) is 4.39. The lowest BCUT2D eigenvalue weighted by Crippen LogP contribution is -2.09. The predicted molar refractivity (Wildman–Crippen MR) is 65.8 cm³/mol. The highest BCUT2D eigenvalue weighted by atomic mass is 15.2. The van der Waals surface area contributed by atoms with Crippen molar-refractivity contribution in [3.8, 4) is 11.3 Å². The Morgan fingerprint density at radius 3 is 2.88 bits per heavy atom. The van der Waals surface area contributed by atoms with E-state index >= 15 is 0 Å². The molecule has 1 aliphatic carbocycles. The second-order valence-electron chi connectivity index (χ2n) is 4.39. The van der Waals surface area contributed by atoms with Crippen molar-refractivity contribution in [2.75, 3.05) is 0 Å². The van der Waals surface area contributed by atoms with Gasteiger partial charge in [0, 0.05) is 17.8 Å². The van der Waals surface area contributed by atoms with Gasteiger partial charge in [-0.25, -0.2) is 9.50 Å². The van der Waals surface area contributed by atoms with Gasteiger partial charge in [-0.2, -0.15) is 5.10 Å². The summed E-state index contributed by atoms with van der Waals surface area (Å²) in [6.07, 6.45) is 5.94. The molecule has 0 saturated heterocycles. The van der Waals surface area contributed by atoms with Crippen LogP contribution in [0.3, 0.4) is 0 Å². The molecule has 0 aliphatic heterocycles. The minimum atomic E-state index is 0.917. The number of benzene rings is 1. The van der Waals surface area contributed by atoms with Crippen LogP contribution < -0.4 is 0 Å². The van der Waals surface area contributed by atoms with Gasteiger partial charge in [-0.1, -0.05) is 24.3 Å². The standard InChI is InChI=1S/C14H11N3/c1-2-4-12-10(3-1)5-6-11-9-15-13-7-8-16-17(13)14(11)12/h1-4,7-9H,5-6H2. The molecule has 2 aromatic heterocycles. The van der Waals surface area contributed by atoms with Crippen molar-refractivity contribution in [1.82, 2.24) is 14.6 Å². The topological polar surface area (TPSA) is 30.2 Å². The van der Waals surface area contributed by atoms with Crippen molar-refractivity contribution in [2.45, 2.75) is 12.8 Å². The van der Waals surface area contributed by atoms with Crippen molar-refractivity contribution in [3.63, 3.8) is 0 Å². The van der Waals surface area contributed by atoms with Crippen LogP contribution in [0, 0.1) is 0 Å². The van der Waals surface area contributed by atoms with Crippen LogP contribution in [-0.4, -0.2) is 14.6 Å². The van der Waals surface area contributed by atoms with Crippen LogP contribution >= 0.6 is 0 Å². The minimum absolute atomic E-state index is 0.917. The first kappa shape index (κ1) is 8.93. The fraction of sp³-hybridized carbons (Fsp3) is 0.143. The molecule has 0 fully saturated rings. The van der Waals surface area contributed by atoms with E-state index in [0.29, 0.717) is 0 Å². The van der Waals surface area contributed by atoms with Gasteiger partial charge in [0.05, 0.1) is 11.9 Å². The first-order valence-corrected chi connectivity index (χ1v) is 5.83. The summed E-state index contributed by atoms with van der Waals surface area (Å²) in [5.74, 6) is 0. The maximum atomic E-state index is 4.43. The molecule has 3 nitrogen and oxygen atoms in total. The van der Waals surface area contributed by atoms with Crippen LogP contribution in [0.5, 0.6) is 0 Å². The number of aryl methyl sites for hydroxylation is 2. The van der Waals surface area contributed by atoms with Crippen LogP contribution in [0.2, 0.25) is 0 Å². The minimum Gasteiger partial charge on any atom is -0.237 e. The third-order valence-electron chi connectivity index (χ3n) is 3.43. The van der Waals surface area contributed by atoms with Crippen molar-refractivity contribution in [3.05, 3.63) is 53.9 Å². The summed E-state index contributed by atoms with van der Waals surface area (Å²) in [6, 6.07) is 10.5. The fourth-order valence-electron chi connectivity index (χ4n) is 2.62. The van der Waals surface area contributed by atoms with E-state index in [2.05, 4.69) is 34.3 Å². The Labute approximate surface area is 98.7 Å². The number of hydrogen-bond acceptors (Lipinski definition) is 2. The number of fused-ring (bicyclic) bond motifs is 5. The number of nitrogens with zero attached hydrogens (tertiary/aromatic N) is 3. The lowest BCUT2D eigenvalue weighted by atomic mass is 9.90. The quantitative estimate of drug-likeness (QED) is 0.584. The zero-order chi connectivity index (χ0) is 11.2. The SMILES string of the molecule is c1ccc2c(c1)CCc1cnc3ccnn3c1-2.